The molecule has 1 fully saturated rings. The molecular formula is C21H23ClFNO3. The van der Waals surface area contributed by atoms with Gasteiger partial charge in [-0.25, -0.2) is 9.18 Å². The zero-order valence-electron chi connectivity index (χ0n) is 15.4. The van der Waals surface area contributed by atoms with Crippen LogP contribution in [0.3, 0.4) is 0 Å². The Morgan fingerprint density at radius 3 is 2.70 bits per heavy atom. The molecule has 1 aliphatic rings. The van der Waals surface area contributed by atoms with Gasteiger partial charge in [0, 0.05) is 25.7 Å². The van der Waals surface area contributed by atoms with E-state index < -0.39 is 17.3 Å². The second-order valence-electron chi connectivity index (χ2n) is 7.83. The van der Waals surface area contributed by atoms with E-state index in [1.807, 2.05) is 18.2 Å². The van der Waals surface area contributed by atoms with Crippen molar-refractivity contribution in [3.05, 3.63) is 64.4 Å². The van der Waals surface area contributed by atoms with Crippen LogP contribution in [0.4, 0.5) is 4.39 Å². The molecule has 0 aromatic heterocycles. The first-order chi connectivity index (χ1) is 12.7. The highest BCUT2D eigenvalue weighted by molar-refractivity contribution is 6.32. The Morgan fingerprint density at radius 1 is 1.33 bits per heavy atom. The first kappa shape index (κ1) is 19.6. The summed E-state index contributed by atoms with van der Waals surface area (Å²) in [5.74, 6) is -2.02. The number of carbonyl (C=O) groups is 1. The molecule has 1 N–H and O–H groups in total. The average Bonchev–Trinajstić information content (AvgIpc) is 2.57. The largest absolute Gasteiger partial charge is 0.487 e. The maximum absolute atomic E-state index is 14.0. The lowest BCUT2D eigenvalue weighted by Gasteiger charge is -2.42. The van der Waals surface area contributed by atoms with Crippen molar-refractivity contribution in [1.82, 2.24) is 4.90 Å². The van der Waals surface area contributed by atoms with Crippen LogP contribution in [-0.4, -0.2) is 35.2 Å². The standard InChI is InChI=1S/C21H23ClFNO3/c1-21(2)10-15(12-24(13-21)11-14-6-4-3-5-7-14)27-19-9-18(23)16(20(25)26)8-17(19)22/h3-9,15H,10-13H2,1-2H3,(H,25,26)/t15-/m1/s1. The number of hydrogen-bond donors (Lipinski definition) is 1. The van der Waals surface area contributed by atoms with Gasteiger partial charge in [0.05, 0.1) is 10.6 Å². The number of halogens is 2. The Morgan fingerprint density at radius 2 is 2.04 bits per heavy atom. The number of ether oxygens (including phenoxy) is 1. The van der Waals surface area contributed by atoms with Crippen LogP contribution in [0, 0.1) is 11.2 Å². The van der Waals surface area contributed by atoms with Gasteiger partial charge >= 0.3 is 5.97 Å². The van der Waals surface area contributed by atoms with Crippen LogP contribution in [0.15, 0.2) is 42.5 Å². The maximum Gasteiger partial charge on any atom is 0.338 e. The first-order valence-corrected chi connectivity index (χ1v) is 9.26. The maximum atomic E-state index is 14.0. The van der Waals surface area contributed by atoms with Crippen molar-refractivity contribution in [1.29, 1.82) is 0 Å². The predicted octanol–water partition coefficient (Wildman–Crippen LogP) is 4.86. The molecule has 0 saturated carbocycles. The Hall–Kier alpha value is -2.11. The third kappa shape index (κ3) is 4.99. The highest BCUT2D eigenvalue weighted by atomic mass is 35.5. The lowest BCUT2D eigenvalue weighted by molar-refractivity contribution is 0.0159. The lowest BCUT2D eigenvalue weighted by atomic mass is 9.82. The summed E-state index contributed by atoms with van der Waals surface area (Å²) >= 11 is 6.13. The van der Waals surface area contributed by atoms with Gasteiger partial charge in [-0.1, -0.05) is 55.8 Å². The van der Waals surface area contributed by atoms with E-state index in [2.05, 4.69) is 30.9 Å². The molecule has 1 atom stereocenters. The quantitative estimate of drug-likeness (QED) is 0.791. The number of rotatable bonds is 5. The summed E-state index contributed by atoms with van der Waals surface area (Å²) in [6, 6.07) is 12.4. The fraction of sp³-hybridized carbons (Fsp3) is 0.381. The molecule has 0 unspecified atom stereocenters. The van der Waals surface area contributed by atoms with E-state index in [1.54, 1.807) is 0 Å². The molecule has 144 valence electrons. The molecule has 4 nitrogen and oxygen atoms in total. The highest BCUT2D eigenvalue weighted by Crippen LogP contribution is 2.34. The molecule has 0 amide bonds. The van der Waals surface area contributed by atoms with Crippen molar-refractivity contribution in [2.24, 2.45) is 5.41 Å². The summed E-state index contributed by atoms with van der Waals surface area (Å²) in [7, 11) is 0. The summed E-state index contributed by atoms with van der Waals surface area (Å²) in [5.41, 5.74) is 0.801. The molecule has 1 heterocycles. The minimum atomic E-state index is -1.35. The van der Waals surface area contributed by atoms with E-state index in [-0.39, 0.29) is 22.3 Å². The number of carboxylic acid groups (broad SMARTS) is 1. The van der Waals surface area contributed by atoms with Gasteiger partial charge in [-0.2, -0.15) is 0 Å². The third-order valence-corrected chi connectivity index (χ3v) is 4.98. The second-order valence-corrected chi connectivity index (χ2v) is 8.24. The molecule has 0 radical (unpaired) electrons. The fourth-order valence-corrected chi connectivity index (χ4v) is 3.91. The Balaban J connectivity index is 1.76. The molecule has 2 aromatic carbocycles. The summed E-state index contributed by atoms with van der Waals surface area (Å²) in [4.78, 5) is 13.3. The Bertz CT molecular complexity index is 826. The molecule has 27 heavy (non-hydrogen) atoms. The van der Waals surface area contributed by atoms with Crippen LogP contribution >= 0.6 is 11.6 Å². The van der Waals surface area contributed by atoms with Gasteiger partial charge in [-0.15, -0.1) is 0 Å². The van der Waals surface area contributed by atoms with Crippen LogP contribution in [0.2, 0.25) is 5.02 Å². The SMILES string of the molecule is CC1(C)C[C@@H](Oc2cc(F)c(C(=O)O)cc2Cl)CN(Cc2ccccc2)C1. The fourth-order valence-electron chi connectivity index (χ4n) is 3.71. The molecule has 1 aliphatic heterocycles. The number of nitrogens with zero attached hydrogens (tertiary/aromatic N) is 1. The molecule has 0 aliphatic carbocycles. The Labute approximate surface area is 163 Å². The van der Waals surface area contributed by atoms with Gasteiger partial charge in [-0.05, 0) is 23.5 Å². The third-order valence-electron chi connectivity index (χ3n) is 4.69. The molecule has 0 bridgehead atoms. The molecule has 0 spiro atoms. The van der Waals surface area contributed by atoms with E-state index in [9.17, 15) is 9.18 Å². The zero-order valence-corrected chi connectivity index (χ0v) is 16.2. The minimum absolute atomic E-state index is 0.0315. The van der Waals surface area contributed by atoms with E-state index in [1.165, 1.54) is 5.56 Å². The van der Waals surface area contributed by atoms with Crippen LogP contribution in [0.5, 0.6) is 5.75 Å². The molecule has 3 rings (SSSR count). The Kier molecular flexibility index (Phi) is 5.72. The van der Waals surface area contributed by atoms with Crippen LogP contribution in [-0.2, 0) is 6.54 Å². The average molecular weight is 392 g/mol. The predicted molar refractivity (Wildman–Crippen MR) is 103 cm³/mol. The number of benzene rings is 2. The van der Waals surface area contributed by atoms with Gasteiger partial charge in [0.1, 0.15) is 17.7 Å². The highest BCUT2D eigenvalue weighted by Gasteiger charge is 2.34. The zero-order chi connectivity index (χ0) is 19.6. The monoisotopic (exact) mass is 391 g/mol. The van der Waals surface area contributed by atoms with Crippen molar-refractivity contribution < 1.29 is 19.0 Å². The van der Waals surface area contributed by atoms with Crippen LogP contribution in [0.1, 0.15) is 36.2 Å². The molecule has 6 heteroatoms. The van der Waals surface area contributed by atoms with Crippen molar-refractivity contribution in [3.8, 4) is 5.75 Å². The van der Waals surface area contributed by atoms with Gasteiger partial charge in [-0.3, -0.25) is 4.90 Å². The van der Waals surface area contributed by atoms with Crippen LogP contribution < -0.4 is 4.74 Å². The topological polar surface area (TPSA) is 49.8 Å². The summed E-state index contributed by atoms with van der Waals surface area (Å²) in [6.07, 6.45) is 0.640. The number of hydrogen-bond acceptors (Lipinski definition) is 3. The number of carboxylic acids is 1. The lowest BCUT2D eigenvalue weighted by Crippen LogP contribution is -2.48. The normalized spacial score (nSPS) is 19.6. The minimum Gasteiger partial charge on any atom is -0.487 e. The van der Waals surface area contributed by atoms with Crippen molar-refractivity contribution >= 4 is 17.6 Å². The number of aromatic carboxylic acids is 1. The van der Waals surface area contributed by atoms with Crippen molar-refractivity contribution in [2.75, 3.05) is 13.1 Å². The van der Waals surface area contributed by atoms with Gasteiger partial charge in [0.25, 0.3) is 0 Å². The first-order valence-electron chi connectivity index (χ1n) is 8.89. The van der Waals surface area contributed by atoms with E-state index in [0.717, 1.165) is 31.6 Å². The summed E-state index contributed by atoms with van der Waals surface area (Å²) in [5, 5.41) is 9.10. The summed E-state index contributed by atoms with van der Waals surface area (Å²) < 4.78 is 20.0. The number of piperidine rings is 1. The van der Waals surface area contributed by atoms with Crippen LogP contribution in [0.25, 0.3) is 0 Å². The second kappa shape index (κ2) is 7.87. The van der Waals surface area contributed by atoms with E-state index >= 15 is 0 Å². The molecular weight excluding hydrogens is 369 g/mol. The van der Waals surface area contributed by atoms with Crippen molar-refractivity contribution in [2.45, 2.75) is 32.9 Å². The summed E-state index contributed by atoms with van der Waals surface area (Å²) in [6.45, 7) is 6.79. The molecule has 2 aromatic rings. The number of likely N-dealkylation sites (tertiary alicyclic amines) is 1. The van der Waals surface area contributed by atoms with E-state index in [0.29, 0.717) is 6.54 Å². The van der Waals surface area contributed by atoms with Gasteiger partial charge in [0.2, 0.25) is 0 Å². The van der Waals surface area contributed by atoms with Crippen molar-refractivity contribution in [3.63, 3.8) is 0 Å². The van der Waals surface area contributed by atoms with E-state index in [4.69, 9.17) is 21.4 Å². The smallest absolute Gasteiger partial charge is 0.338 e. The van der Waals surface area contributed by atoms with Gasteiger partial charge < -0.3 is 9.84 Å². The van der Waals surface area contributed by atoms with Gasteiger partial charge in [0.15, 0.2) is 0 Å². The molecule has 1 saturated heterocycles.